The highest BCUT2D eigenvalue weighted by Gasteiger charge is 2.32. The van der Waals surface area contributed by atoms with Gasteiger partial charge in [-0.2, -0.15) is 0 Å². The average Bonchev–Trinajstić information content (AvgIpc) is 2.90. The highest BCUT2D eigenvalue weighted by atomic mass is 16.1. The van der Waals surface area contributed by atoms with Crippen molar-refractivity contribution in [3.8, 4) is 0 Å². The lowest BCUT2D eigenvalue weighted by Crippen LogP contribution is -2.40. The maximum absolute atomic E-state index is 12.4. The summed E-state index contributed by atoms with van der Waals surface area (Å²) in [7, 11) is 0. The number of hydrogen-bond donors (Lipinski definition) is 2. The fourth-order valence-electron chi connectivity index (χ4n) is 3.47. The van der Waals surface area contributed by atoms with Gasteiger partial charge in [-0.15, -0.1) is 0 Å². The zero-order valence-electron chi connectivity index (χ0n) is 13.5. The highest BCUT2D eigenvalue weighted by Crippen LogP contribution is 2.31. The summed E-state index contributed by atoms with van der Waals surface area (Å²) in [6.45, 7) is 6.96. The molecule has 0 heterocycles. The van der Waals surface area contributed by atoms with Crippen LogP contribution in [0, 0.1) is 25.7 Å². The van der Waals surface area contributed by atoms with Crippen LogP contribution in [0.15, 0.2) is 18.2 Å². The topological polar surface area (TPSA) is 55.1 Å². The summed E-state index contributed by atoms with van der Waals surface area (Å²) in [4.78, 5) is 12.4. The normalized spacial score (nSPS) is 23.0. The SMILES string of the molecule is Cc1ccc(CC(C)NC(=O)[C@@H]2CCC[C@@H]2CN)c(C)c1. The van der Waals surface area contributed by atoms with Crippen molar-refractivity contribution in [2.24, 2.45) is 17.6 Å². The van der Waals surface area contributed by atoms with Gasteiger partial charge in [-0.3, -0.25) is 4.79 Å². The molecule has 1 unspecified atom stereocenters. The molecule has 3 heteroatoms. The molecule has 0 radical (unpaired) electrons. The first-order valence-electron chi connectivity index (χ1n) is 8.07. The molecule has 1 aliphatic carbocycles. The first kappa shape index (κ1) is 16.0. The van der Waals surface area contributed by atoms with E-state index in [4.69, 9.17) is 5.73 Å². The molecule has 1 fully saturated rings. The third kappa shape index (κ3) is 4.07. The number of benzene rings is 1. The van der Waals surface area contributed by atoms with E-state index >= 15 is 0 Å². The molecule has 21 heavy (non-hydrogen) atoms. The molecule has 1 saturated carbocycles. The Labute approximate surface area is 128 Å². The number of amides is 1. The van der Waals surface area contributed by atoms with E-state index in [0.29, 0.717) is 12.5 Å². The number of nitrogens with one attached hydrogen (secondary N) is 1. The van der Waals surface area contributed by atoms with Crippen LogP contribution in [0.3, 0.4) is 0 Å². The second-order valence-electron chi connectivity index (χ2n) is 6.58. The van der Waals surface area contributed by atoms with Gasteiger partial charge in [0.05, 0.1) is 0 Å². The zero-order chi connectivity index (χ0) is 15.4. The molecule has 0 aliphatic heterocycles. The first-order valence-corrected chi connectivity index (χ1v) is 8.07. The number of hydrogen-bond acceptors (Lipinski definition) is 2. The minimum atomic E-state index is 0.122. The van der Waals surface area contributed by atoms with E-state index in [1.54, 1.807) is 0 Å². The molecule has 3 N–H and O–H groups in total. The highest BCUT2D eigenvalue weighted by molar-refractivity contribution is 5.79. The van der Waals surface area contributed by atoms with Crippen molar-refractivity contribution >= 4 is 5.91 Å². The Bertz CT molecular complexity index is 498. The average molecular weight is 288 g/mol. The zero-order valence-corrected chi connectivity index (χ0v) is 13.5. The number of rotatable bonds is 5. The minimum Gasteiger partial charge on any atom is -0.353 e. The Kier molecular flexibility index (Phi) is 5.40. The lowest BCUT2D eigenvalue weighted by atomic mass is 9.94. The minimum absolute atomic E-state index is 0.122. The summed E-state index contributed by atoms with van der Waals surface area (Å²) in [6, 6.07) is 6.67. The maximum Gasteiger partial charge on any atom is 0.223 e. The predicted molar refractivity (Wildman–Crippen MR) is 87.1 cm³/mol. The summed E-state index contributed by atoms with van der Waals surface area (Å²) < 4.78 is 0. The van der Waals surface area contributed by atoms with Crippen LogP contribution >= 0.6 is 0 Å². The van der Waals surface area contributed by atoms with E-state index in [-0.39, 0.29) is 17.9 Å². The largest absolute Gasteiger partial charge is 0.353 e. The van der Waals surface area contributed by atoms with Crippen LogP contribution < -0.4 is 11.1 Å². The first-order chi connectivity index (χ1) is 10.0. The van der Waals surface area contributed by atoms with Crippen molar-refractivity contribution < 1.29 is 4.79 Å². The van der Waals surface area contributed by atoms with Crippen molar-refractivity contribution in [1.29, 1.82) is 0 Å². The lowest BCUT2D eigenvalue weighted by molar-refractivity contribution is -0.126. The molecule has 1 aromatic carbocycles. The molecule has 116 valence electrons. The fourth-order valence-corrected chi connectivity index (χ4v) is 3.47. The van der Waals surface area contributed by atoms with Crippen LogP contribution in [0.4, 0.5) is 0 Å². The smallest absolute Gasteiger partial charge is 0.223 e. The Morgan fingerprint density at radius 2 is 2.14 bits per heavy atom. The van der Waals surface area contributed by atoms with E-state index in [9.17, 15) is 4.79 Å². The third-order valence-electron chi connectivity index (χ3n) is 4.71. The van der Waals surface area contributed by atoms with Gasteiger partial charge in [-0.05, 0) is 63.6 Å². The van der Waals surface area contributed by atoms with Crippen molar-refractivity contribution in [2.45, 2.75) is 52.5 Å². The second-order valence-corrected chi connectivity index (χ2v) is 6.58. The van der Waals surface area contributed by atoms with Crippen molar-refractivity contribution in [3.63, 3.8) is 0 Å². The van der Waals surface area contributed by atoms with Gasteiger partial charge in [0.15, 0.2) is 0 Å². The number of aryl methyl sites for hydroxylation is 2. The van der Waals surface area contributed by atoms with Crippen LogP contribution in [-0.2, 0) is 11.2 Å². The van der Waals surface area contributed by atoms with E-state index in [2.05, 4.69) is 44.3 Å². The molecule has 0 spiro atoms. The molecule has 0 saturated heterocycles. The van der Waals surface area contributed by atoms with Crippen LogP contribution in [0.1, 0.15) is 42.9 Å². The number of carbonyl (C=O) groups is 1. The molecule has 0 bridgehead atoms. The Hall–Kier alpha value is -1.35. The number of carbonyl (C=O) groups excluding carboxylic acids is 1. The van der Waals surface area contributed by atoms with Gasteiger partial charge in [-0.25, -0.2) is 0 Å². The Balaban J connectivity index is 1.92. The summed E-state index contributed by atoms with van der Waals surface area (Å²) >= 11 is 0. The Morgan fingerprint density at radius 1 is 1.38 bits per heavy atom. The van der Waals surface area contributed by atoms with Crippen molar-refractivity contribution in [3.05, 3.63) is 34.9 Å². The second kappa shape index (κ2) is 7.08. The van der Waals surface area contributed by atoms with Gasteiger partial charge >= 0.3 is 0 Å². The van der Waals surface area contributed by atoms with Crippen LogP contribution in [0.2, 0.25) is 0 Å². The van der Waals surface area contributed by atoms with E-state index in [1.807, 2.05) is 0 Å². The summed E-state index contributed by atoms with van der Waals surface area (Å²) in [6.07, 6.45) is 4.10. The van der Waals surface area contributed by atoms with Gasteiger partial charge in [0.2, 0.25) is 5.91 Å². The molecule has 2 rings (SSSR count). The van der Waals surface area contributed by atoms with Gasteiger partial charge in [0.1, 0.15) is 0 Å². The van der Waals surface area contributed by atoms with E-state index in [1.165, 1.54) is 16.7 Å². The van der Waals surface area contributed by atoms with Crippen molar-refractivity contribution in [1.82, 2.24) is 5.32 Å². The van der Waals surface area contributed by atoms with E-state index in [0.717, 1.165) is 25.7 Å². The monoisotopic (exact) mass is 288 g/mol. The molecule has 1 aromatic rings. The molecular weight excluding hydrogens is 260 g/mol. The molecule has 1 aliphatic rings. The fraction of sp³-hybridized carbons (Fsp3) is 0.611. The van der Waals surface area contributed by atoms with Gasteiger partial charge < -0.3 is 11.1 Å². The van der Waals surface area contributed by atoms with Crippen LogP contribution in [0.25, 0.3) is 0 Å². The summed E-state index contributed by atoms with van der Waals surface area (Å²) in [5, 5.41) is 3.18. The molecule has 1 amide bonds. The van der Waals surface area contributed by atoms with Crippen molar-refractivity contribution in [2.75, 3.05) is 6.54 Å². The van der Waals surface area contributed by atoms with Crippen LogP contribution in [-0.4, -0.2) is 18.5 Å². The summed E-state index contributed by atoms with van der Waals surface area (Å²) in [5.74, 6) is 0.690. The van der Waals surface area contributed by atoms with Crippen LogP contribution in [0.5, 0.6) is 0 Å². The lowest BCUT2D eigenvalue weighted by Gasteiger charge is -2.21. The quantitative estimate of drug-likeness (QED) is 0.875. The molecule has 3 nitrogen and oxygen atoms in total. The molecular formula is C18H28N2O. The predicted octanol–water partition coefficient (Wildman–Crippen LogP) is 2.73. The van der Waals surface area contributed by atoms with Gasteiger partial charge in [0.25, 0.3) is 0 Å². The van der Waals surface area contributed by atoms with E-state index < -0.39 is 0 Å². The van der Waals surface area contributed by atoms with Gasteiger partial charge in [0, 0.05) is 12.0 Å². The third-order valence-corrected chi connectivity index (χ3v) is 4.71. The van der Waals surface area contributed by atoms with Gasteiger partial charge in [-0.1, -0.05) is 30.2 Å². The molecule has 3 atom stereocenters. The summed E-state index contributed by atoms with van der Waals surface area (Å²) in [5.41, 5.74) is 9.67. The maximum atomic E-state index is 12.4. The number of nitrogens with two attached hydrogens (primary N) is 1. The molecule has 0 aromatic heterocycles. The Morgan fingerprint density at radius 3 is 2.81 bits per heavy atom. The standard InChI is InChI=1S/C18H28N2O/c1-12-7-8-15(13(2)9-12)10-14(3)20-18(21)17-6-4-5-16(17)11-19/h7-9,14,16-17H,4-6,10-11,19H2,1-3H3,(H,20,21)/t14?,16-,17-/m1/s1.